The average molecular weight is 359 g/mol. The van der Waals surface area contributed by atoms with Crippen molar-refractivity contribution in [2.45, 2.75) is 27.3 Å². The zero-order valence-corrected chi connectivity index (χ0v) is 16.0. The first-order valence-electron chi connectivity index (χ1n) is 9.48. The molecule has 0 radical (unpaired) electrons. The summed E-state index contributed by atoms with van der Waals surface area (Å²) in [5.41, 5.74) is 2.88. The number of ether oxygens (including phenoxy) is 1. The molecule has 0 spiro atoms. The second-order valence-corrected chi connectivity index (χ2v) is 6.69. The van der Waals surface area contributed by atoms with Crippen molar-refractivity contribution in [3.8, 4) is 5.75 Å². The number of aliphatic hydroxyl groups is 1. The smallest absolute Gasteiger partial charge is 0.270 e. The van der Waals surface area contributed by atoms with Gasteiger partial charge in [-0.1, -0.05) is 0 Å². The van der Waals surface area contributed by atoms with E-state index in [9.17, 15) is 4.79 Å². The standard InChI is InChI=1S/C20H29N3O3/c1-4-23-18-7-6-16(26-5-2)14-17(18)15(3)19(23)20(25)22-10-8-21(9-11-22)12-13-24/h6-7,14,24H,4-5,8-13H2,1-3H3. The lowest BCUT2D eigenvalue weighted by molar-refractivity contribution is 0.0604. The maximum absolute atomic E-state index is 13.3. The molecule has 6 heteroatoms. The first-order chi connectivity index (χ1) is 12.6. The van der Waals surface area contributed by atoms with Gasteiger partial charge in [-0.25, -0.2) is 0 Å². The molecule has 1 N–H and O–H groups in total. The first kappa shape index (κ1) is 18.7. The molecule has 0 unspecified atom stereocenters. The lowest BCUT2D eigenvalue weighted by atomic mass is 10.1. The second kappa shape index (κ2) is 8.10. The summed E-state index contributed by atoms with van der Waals surface area (Å²) < 4.78 is 7.75. The van der Waals surface area contributed by atoms with Crippen molar-refractivity contribution in [1.29, 1.82) is 0 Å². The number of carbonyl (C=O) groups is 1. The van der Waals surface area contributed by atoms with Crippen LogP contribution in [0, 0.1) is 6.92 Å². The van der Waals surface area contributed by atoms with Gasteiger partial charge in [-0.3, -0.25) is 9.69 Å². The zero-order chi connectivity index (χ0) is 18.7. The highest BCUT2D eigenvalue weighted by atomic mass is 16.5. The number of hydrogen-bond acceptors (Lipinski definition) is 4. The number of β-amino-alcohol motifs (C(OH)–C–C–N with tert-alkyl or cyclic N) is 1. The number of piperazine rings is 1. The number of carbonyl (C=O) groups excluding carboxylic acids is 1. The molecule has 3 rings (SSSR count). The van der Waals surface area contributed by atoms with Crippen LogP contribution in [-0.2, 0) is 6.54 Å². The second-order valence-electron chi connectivity index (χ2n) is 6.69. The number of aromatic nitrogens is 1. The summed E-state index contributed by atoms with van der Waals surface area (Å²) in [6, 6.07) is 6.06. The summed E-state index contributed by atoms with van der Waals surface area (Å²) in [6.07, 6.45) is 0. The van der Waals surface area contributed by atoms with Crippen LogP contribution in [0.25, 0.3) is 10.9 Å². The normalized spacial score (nSPS) is 15.6. The van der Waals surface area contributed by atoms with E-state index in [0.717, 1.165) is 47.5 Å². The molecule has 1 fully saturated rings. The van der Waals surface area contributed by atoms with Gasteiger partial charge in [0.1, 0.15) is 11.4 Å². The van der Waals surface area contributed by atoms with Crippen LogP contribution < -0.4 is 4.74 Å². The van der Waals surface area contributed by atoms with Crippen molar-refractivity contribution in [3.63, 3.8) is 0 Å². The molecule has 1 aromatic heterocycles. The largest absolute Gasteiger partial charge is 0.494 e. The van der Waals surface area contributed by atoms with Gasteiger partial charge in [0, 0.05) is 50.2 Å². The van der Waals surface area contributed by atoms with Gasteiger partial charge >= 0.3 is 0 Å². The highest BCUT2D eigenvalue weighted by Crippen LogP contribution is 2.30. The number of nitrogens with zero attached hydrogens (tertiary/aromatic N) is 3. The molecule has 0 bridgehead atoms. The minimum atomic E-state index is 0.0992. The van der Waals surface area contributed by atoms with E-state index in [1.54, 1.807) is 0 Å². The van der Waals surface area contributed by atoms with Gasteiger partial charge in [0.25, 0.3) is 5.91 Å². The van der Waals surface area contributed by atoms with Crippen molar-refractivity contribution in [1.82, 2.24) is 14.4 Å². The van der Waals surface area contributed by atoms with E-state index in [1.807, 2.05) is 36.9 Å². The fourth-order valence-electron chi connectivity index (χ4n) is 3.83. The van der Waals surface area contributed by atoms with Crippen LogP contribution in [0.1, 0.15) is 29.9 Å². The topological polar surface area (TPSA) is 57.9 Å². The van der Waals surface area contributed by atoms with E-state index in [1.165, 1.54) is 0 Å². The molecule has 1 saturated heterocycles. The van der Waals surface area contributed by atoms with Crippen LogP contribution >= 0.6 is 0 Å². The number of aryl methyl sites for hydroxylation is 2. The van der Waals surface area contributed by atoms with Crippen molar-refractivity contribution < 1.29 is 14.6 Å². The van der Waals surface area contributed by atoms with Crippen molar-refractivity contribution in [2.24, 2.45) is 0 Å². The average Bonchev–Trinajstić information content (AvgIpc) is 2.94. The van der Waals surface area contributed by atoms with Gasteiger partial charge in [-0.15, -0.1) is 0 Å². The summed E-state index contributed by atoms with van der Waals surface area (Å²) in [5.74, 6) is 0.940. The monoisotopic (exact) mass is 359 g/mol. The number of amides is 1. The van der Waals surface area contributed by atoms with Crippen LogP contribution in [0.2, 0.25) is 0 Å². The predicted octanol–water partition coefficient (Wildman–Crippen LogP) is 2.12. The molecule has 1 aromatic carbocycles. The maximum atomic E-state index is 13.3. The van der Waals surface area contributed by atoms with Gasteiger partial charge in [-0.05, 0) is 44.5 Å². The van der Waals surface area contributed by atoms with E-state index in [-0.39, 0.29) is 12.5 Å². The first-order valence-corrected chi connectivity index (χ1v) is 9.48. The van der Waals surface area contributed by atoms with Crippen molar-refractivity contribution in [2.75, 3.05) is 45.9 Å². The Kier molecular flexibility index (Phi) is 5.84. The number of hydrogen-bond donors (Lipinski definition) is 1. The molecule has 1 aliphatic heterocycles. The lowest BCUT2D eigenvalue weighted by Gasteiger charge is -2.34. The molecule has 1 aliphatic rings. The Bertz CT molecular complexity index is 776. The molecule has 2 heterocycles. The van der Waals surface area contributed by atoms with Crippen LogP contribution in [0.15, 0.2) is 18.2 Å². The summed E-state index contributed by atoms with van der Waals surface area (Å²) in [6.45, 7) is 11.3. The SMILES string of the molecule is CCOc1ccc2c(c1)c(C)c(C(=O)N1CCN(CCO)CC1)n2CC. The Morgan fingerprint density at radius 1 is 1.19 bits per heavy atom. The molecule has 1 amide bonds. The van der Waals surface area contributed by atoms with Gasteiger partial charge < -0.3 is 19.3 Å². The Balaban J connectivity index is 1.91. The Morgan fingerprint density at radius 3 is 2.54 bits per heavy atom. The quantitative estimate of drug-likeness (QED) is 0.858. The Hall–Kier alpha value is -2.05. The summed E-state index contributed by atoms with van der Waals surface area (Å²) in [4.78, 5) is 17.4. The van der Waals surface area contributed by atoms with Crippen LogP contribution in [-0.4, -0.2) is 71.3 Å². The molecule has 142 valence electrons. The van der Waals surface area contributed by atoms with Crippen molar-refractivity contribution >= 4 is 16.8 Å². The van der Waals surface area contributed by atoms with E-state index in [2.05, 4.69) is 16.4 Å². The summed E-state index contributed by atoms with van der Waals surface area (Å²) in [7, 11) is 0. The van der Waals surface area contributed by atoms with E-state index >= 15 is 0 Å². The lowest BCUT2D eigenvalue weighted by Crippen LogP contribution is -2.49. The molecule has 0 saturated carbocycles. The minimum Gasteiger partial charge on any atom is -0.494 e. The third-order valence-electron chi connectivity index (χ3n) is 5.19. The van der Waals surface area contributed by atoms with Gasteiger partial charge in [-0.2, -0.15) is 0 Å². The van der Waals surface area contributed by atoms with Crippen molar-refractivity contribution in [3.05, 3.63) is 29.5 Å². The summed E-state index contributed by atoms with van der Waals surface area (Å²) >= 11 is 0. The van der Waals surface area contributed by atoms with E-state index in [0.29, 0.717) is 26.2 Å². The third kappa shape index (κ3) is 3.44. The molecular formula is C20H29N3O3. The Morgan fingerprint density at radius 2 is 1.92 bits per heavy atom. The minimum absolute atomic E-state index is 0.0992. The molecule has 26 heavy (non-hydrogen) atoms. The highest BCUT2D eigenvalue weighted by molar-refractivity contribution is 6.02. The Labute approximate surface area is 154 Å². The molecule has 2 aromatic rings. The third-order valence-corrected chi connectivity index (χ3v) is 5.19. The van der Waals surface area contributed by atoms with Gasteiger partial charge in [0.2, 0.25) is 0 Å². The molecule has 0 aliphatic carbocycles. The molecular weight excluding hydrogens is 330 g/mol. The number of aliphatic hydroxyl groups excluding tert-OH is 1. The number of benzene rings is 1. The maximum Gasteiger partial charge on any atom is 0.270 e. The highest BCUT2D eigenvalue weighted by Gasteiger charge is 2.27. The fraction of sp³-hybridized carbons (Fsp3) is 0.550. The molecule has 6 nitrogen and oxygen atoms in total. The zero-order valence-electron chi connectivity index (χ0n) is 16.0. The van der Waals surface area contributed by atoms with E-state index in [4.69, 9.17) is 9.84 Å². The van der Waals surface area contributed by atoms with Crippen LogP contribution in [0.5, 0.6) is 5.75 Å². The predicted molar refractivity (Wildman–Crippen MR) is 103 cm³/mol. The van der Waals surface area contributed by atoms with E-state index < -0.39 is 0 Å². The molecule has 0 atom stereocenters. The number of fused-ring (bicyclic) bond motifs is 1. The van der Waals surface area contributed by atoms with Crippen LogP contribution in [0.3, 0.4) is 0 Å². The fourth-order valence-corrected chi connectivity index (χ4v) is 3.83. The van der Waals surface area contributed by atoms with Gasteiger partial charge in [0.15, 0.2) is 0 Å². The van der Waals surface area contributed by atoms with Crippen LogP contribution in [0.4, 0.5) is 0 Å². The van der Waals surface area contributed by atoms with Gasteiger partial charge in [0.05, 0.1) is 13.2 Å². The number of rotatable bonds is 6. The summed E-state index contributed by atoms with van der Waals surface area (Å²) in [5, 5.41) is 10.2.